The number of likely N-dealkylation sites (tertiary alicyclic amines) is 1. The van der Waals surface area contributed by atoms with Gasteiger partial charge in [-0.05, 0) is 30.7 Å². The highest BCUT2D eigenvalue weighted by Crippen LogP contribution is 2.18. The van der Waals surface area contributed by atoms with Crippen LogP contribution in [0.3, 0.4) is 0 Å². The lowest BCUT2D eigenvalue weighted by atomic mass is 10.2. The summed E-state index contributed by atoms with van der Waals surface area (Å²) in [4.78, 5) is 2.40. The van der Waals surface area contributed by atoms with E-state index in [1.54, 1.807) is 0 Å². The van der Waals surface area contributed by atoms with Crippen LogP contribution in [0.1, 0.15) is 12.0 Å². The van der Waals surface area contributed by atoms with E-state index in [0.717, 1.165) is 30.5 Å². The Hall–Kier alpha value is -0.0500. The van der Waals surface area contributed by atoms with Crippen molar-refractivity contribution in [1.29, 1.82) is 0 Å². The summed E-state index contributed by atoms with van der Waals surface area (Å²) in [5.41, 5.74) is 1.36. The molecule has 0 bridgehead atoms. The number of hydrogen-bond acceptors (Lipinski definition) is 1. The molecule has 1 fully saturated rings. The molecule has 3 heteroatoms. The first-order valence-corrected chi connectivity index (χ1v) is 6.08. The average Bonchev–Trinajstić information content (AvgIpc) is 2.56. The Balaban J connectivity index is 1.94. The van der Waals surface area contributed by atoms with Crippen molar-refractivity contribution < 1.29 is 0 Å². The van der Waals surface area contributed by atoms with Crippen LogP contribution in [0.15, 0.2) is 28.7 Å². The quantitative estimate of drug-likeness (QED) is 0.748. The average molecular weight is 275 g/mol. The monoisotopic (exact) mass is 273 g/mol. The maximum absolute atomic E-state index is 6.05. The SMILES string of the molecule is ClC1CCN(Cc2ccc(Br)cc2)C1. The Morgan fingerprint density at radius 3 is 2.64 bits per heavy atom. The van der Waals surface area contributed by atoms with E-state index in [9.17, 15) is 0 Å². The molecule has 1 aliphatic heterocycles. The third-order valence-corrected chi connectivity index (χ3v) is 3.42. The molecule has 0 N–H and O–H groups in total. The van der Waals surface area contributed by atoms with Gasteiger partial charge < -0.3 is 0 Å². The molecule has 76 valence electrons. The second-order valence-electron chi connectivity index (χ2n) is 3.75. The maximum Gasteiger partial charge on any atom is 0.0475 e. The standard InChI is InChI=1S/C11H13BrClN/c12-10-3-1-9(2-4-10)7-14-6-5-11(13)8-14/h1-4,11H,5-8H2. The predicted molar refractivity (Wildman–Crippen MR) is 63.7 cm³/mol. The molecule has 0 amide bonds. The Morgan fingerprint density at radius 2 is 2.07 bits per heavy atom. The molecule has 14 heavy (non-hydrogen) atoms. The fourth-order valence-electron chi connectivity index (χ4n) is 1.78. The zero-order valence-electron chi connectivity index (χ0n) is 7.92. The highest BCUT2D eigenvalue weighted by atomic mass is 79.9. The summed E-state index contributed by atoms with van der Waals surface area (Å²) in [6.45, 7) is 3.18. The Kier molecular flexibility index (Phi) is 3.47. The van der Waals surface area contributed by atoms with Gasteiger partial charge in [-0.1, -0.05) is 28.1 Å². The number of nitrogens with zero attached hydrogens (tertiary/aromatic N) is 1. The Labute approximate surface area is 98.2 Å². The summed E-state index contributed by atoms with van der Waals surface area (Å²) in [6, 6.07) is 8.49. The first-order chi connectivity index (χ1) is 6.74. The fraction of sp³-hybridized carbons (Fsp3) is 0.455. The molecule has 1 aromatic rings. The number of rotatable bonds is 2. The van der Waals surface area contributed by atoms with Gasteiger partial charge >= 0.3 is 0 Å². The van der Waals surface area contributed by atoms with Gasteiger partial charge in [0, 0.05) is 22.9 Å². The third kappa shape index (κ3) is 2.72. The topological polar surface area (TPSA) is 3.24 Å². The van der Waals surface area contributed by atoms with Crippen LogP contribution in [-0.2, 0) is 6.54 Å². The van der Waals surface area contributed by atoms with Gasteiger partial charge in [0.2, 0.25) is 0 Å². The van der Waals surface area contributed by atoms with Crippen molar-refractivity contribution in [2.24, 2.45) is 0 Å². The number of halogens is 2. The molecule has 1 atom stereocenters. The smallest absolute Gasteiger partial charge is 0.0475 e. The van der Waals surface area contributed by atoms with Crippen molar-refractivity contribution >= 4 is 27.5 Å². The van der Waals surface area contributed by atoms with Gasteiger partial charge in [-0.2, -0.15) is 0 Å². The lowest BCUT2D eigenvalue weighted by Crippen LogP contribution is -2.20. The molecule has 1 unspecified atom stereocenters. The summed E-state index contributed by atoms with van der Waals surface area (Å²) >= 11 is 9.48. The lowest BCUT2D eigenvalue weighted by molar-refractivity contribution is 0.332. The minimum Gasteiger partial charge on any atom is -0.298 e. The molecule has 1 heterocycles. The van der Waals surface area contributed by atoms with Crippen molar-refractivity contribution in [3.05, 3.63) is 34.3 Å². The number of alkyl halides is 1. The molecule has 1 nitrogen and oxygen atoms in total. The summed E-state index contributed by atoms with van der Waals surface area (Å²) in [7, 11) is 0. The summed E-state index contributed by atoms with van der Waals surface area (Å²) in [5.74, 6) is 0. The summed E-state index contributed by atoms with van der Waals surface area (Å²) in [6.07, 6.45) is 1.12. The zero-order valence-corrected chi connectivity index (χ0v) is 10.3. The number of benzene rings is 1. The number of hydrogen-bond donors (Lipinski definition) is 0. The van der Waals surface area contributed by atoms with Crippen LogP contribution in [0.2, 0.25) is 0 Å². The highest BCUT2D eigenvalue weighted by molar-refractivity contribution is 9.10. The van der Waals surface area contributed by atoms with Gasteiger partial charge in [-0.25, -0.2) is 0 Å². The zero-order chi connectivity index (χ0) is 9.97. The van der Waals surface area contributed by atoms with E-state index in [2.05, 4.69) is 45.1 Å². The van der Waals surface area contributed by atoms with E-state index in [1.807, 2.05) is 0 Å². The molecule has 0 spiro atoms. The minimum atomic E-state index is 0.352. The van der Waals surface area contributed by atoms with Gasteiger partial charge in [0.05, 0.1) is 0 Å². The third-order valence-electron chi connectivity index (χ3n) is 2.53. The van der Waals surface area contributed by atoms with Crippen LogP contribution in [0.4, 0.5) is 0 Å². The first kappa shape index (κ1) is 10.5. The predicted octanol–water partition coefficient (Wildman–Crippen LogP) is 3.26. The molecular formula is C11H13BrClN. The van der Waals surface area contributed by atoms with Crippen LogP contribution in [0.25, 0.3) is 0 Å². The summed E-state index contributed by atoms with van der Waals surface area (Å²) in [5, 5.41) is 0.352. The van der Waals surface area contributed by atoms with Crippen LogP contribution in [-0.4, -0.2) is 23.4 Å². The highest BCUT2D eigenvalue weighted by Gasteiger charge is 2.19. The van der Waals surface area contributed by atoms with Gasteiger partial charge in [0.1, 0.15) is 0 Å². The maximum atomic E-state index is 6.05. The fourth-order valence-corrected chi connectivity index (χ4v) is 2.33. The second-order valence-corrected chi connectivity index (χ2v) is 5.28. The van der Waals surface area contributed by atoms with Crippen LogP contribution in [0.5, 0.6) is 0 Å². The summed E-state index contributed by atoms with van der Waals surface area (Å²) < 4.78 is 1.14. The molecule has 1 aliphatic rings. The van der Waals surface area contributed by atoms with Crippen molar-refractivity contribution in [1.82, 2.24) is 4.90 Å². The van der Waals surface area contributed by atoms with Crippen molar-refractivity contribution in [3.8, 4) is 0 Å². The van der Waals surface area contributed by atoms with Gasteiger partial charge in [0.15, 0.2) is 0 Å². The van der Waals surface area contributed by atoms with Gasteiger partial charge in [0.25, 0.3) is 0 Å². The van der Waals surface area contributed by atoms with E-state index in [0.29, 0.717) is 5.38 Å². The Morgan fingerprint density at radius 1 is 1.36 bits per heavy atom. The molecule has 2 rings (SSSR count). The Bertz CT molecular complexity index is 299. The van der Waals surface area contributed by atoms with Crippen LogP contribution < -0.4 is 0 Å². The van der Waals surface area contributed by atoms with Crippen LogP contribution in [0, 0.1) is 0 Å². The molecule has 0 saturated carbocycles. The molecule has 0 aromatic heterocycles. The van der Waals surface area contributed by atoms with Crippen molar-refractivity contribution in [3.63, 3.8) is 0 Å². The molecular weight excluding hydrogens is 261 g/mol. The second kappa shape index (κ2) is 4.65. The van der Waals surface area contributed by atoms with Crippen molar-refractivity contribution in [2.75, 3.05) is 13.1 Å². The van der Waals surface area contributed by atoms with Gasteiger partial charge in [-0.15, -0.1) is 11.6 Å². The first-order valence-electron chi connectivity index (χ1n) is 4.85. The largest absolute Gasteiger partial charge is 0.298 e. The molecule has 1 aromatic carbocycles. The molecule has 0 aliphatic carbocycles. The van der Waals surface area contributed by atoms with E-state index in [-0.39, 0.29) is 0 Å². The molecule has 0 radical (unpaired) electrons. The van der Waals surface area contributed by atoms with E-state index in [4.69, 9.17) is 11.6 Å². The lowest BCUT2D eigenvalue weighted by Gasteiger charge is -2.14. The van der Waals surface area contributed by atoms with E-state index >= 15 is 0 Å². The van der Waals surface area contributed by atoms with Gasteiger partial charge in [-0.3, -0.25) is 4.90 Å². The van der Waals surface area contributed by atoms with E-state index in [1.165, 1.54) is 5.56 Å². The molecule has 1 saturated heterocycles. The van der Waals surface area contributed by atoms with Crippen molar-refractivity contribution in [2.45, 2.75) is 18.3 Å². The minimum absolute atomic E-state index is 0.352. The normalized spacial score (nSPS) is 22.9. The van der Waals surface area contributed by atoms with E-state index < -0.39 is 0 Å². The van der Waals surface area contributed by atoms with Crippen LogP contribution >= 0.6 is 27.5 Å².